The zero-order valence-electron chi connectivity index (χ0n) is 10.5. The molecule has 2 aromatic carbocycles. The largest absolute Gasteiger partial charge is 0.326 e. The number of carbonyl (C=O) groups is 1. The average molecular weight is 237 g/mol. The van der Waals surface area contributed by atoms with Gasteiger partial charge in [0.2, 0.25) is 5.91 Å². The fourth-order valence-corrected chi connectivity index (χ4v) is 2.73. The van der Waals surface area contributed by atoms with Gasteiger partial charge in [-0.2, -0.15) is 0 Å². The highest BCUT2D eigenvalue weighted by Gasteiger charge is 2.24. The summed E-state index contributed by atoms with van der Waals surface area (Å²) in [5.41, 5.74) is 6.14. The Kier molecular flexibility index (Phi) is 2.44. The van der Waals surface area contributed by atoms with E-state index in [0.29, 0.717) is 5.92 Å². The van der Waals surface area contributed by atoms with Gasteiger partial charge < -0.3 is 5.32 Å². The van der Waals surface area contributed by atoms with Gasteiger partial charge in [0.05, 0.1) is 0 Å². The van der Waals surface area contributed by atoms with Crippen molar-refractivity contribution in [2.75, 3.05) is 5.32 Å². The van der Waals surface area contributed by atoms with E-state index in [1.807, 2.05) is 6.07 Å². The van der Waals surface area contributed by atoms with Crippen LogP contribution in [0.25, 0.3) is 11.1 Å². The summed E-state index contributed by atoms with van der Waals surface area (Å²) in [6, 6.07) is 14.6. The van der Waals surface area contributed by atoms with Crippen molar-refractivity contribution in [2.24, 2.45) is 0 Å². The van der Waals surface area contributed by atoms with Gasteiger partial charge in [-0.15, -0.1) is 0 Å². The van der Waals surface area contributed by atoms with Crippen molar-refractivity contribution in [1.29, 1.82) is 0 Å². The van der Waals surface area contributed by atoms with Crippen LogP contribution in [0.4, 0.5) is 5.69 Å². The summed E-state index contributed by atoms with van der Waals surface area (Å²) in [5, 5.41) is 2.84. The van der Waals surface area contributed by atoms with E-state index in [4.69, 9.17) is 0 Å². The summed E-state index contributed by atoms with van der Waals surface area (Å²) in [6.07, 6.45) is 0. The lowest BCUT2D eigenvalue weighted by atomic mass is 9.99. The number of rotatable bonds is 1. The summed E-state index contributed by atoms with van der Waals surface area (Å²) in [7, 11) is 0. The molecule has 2 aromatic rings. The minimum absolute atomic E-state index is 0.0295. The molecular weight excluding hydrogens is 222 g/mol. The van der Waals surface area contributed by atoms with E-state index in [1.165, 1.54) is 29.2 Å². The predicted molar refractivity (Wildman–Crippen MR) is 73.7 cm³/mol. The first-order valence-corrected chi connectivity index (χ1v) is 6.17. The molecule has 0 radical (unpaired) electrons. The minimum Gasteiger partial charge on any atom is -0.326 e. The van der Waals surface area contributed by atoms with Gasteiger partial charge in [-0.05, 0) is 34.4 Å². The average Bonchev–Trinajstić information content (AvgIpc) is 2.63. The molecule has 0 aliphatic heterocycles. The lowest BCUT2D eigenvalue weighted by Crippen LogP contribution is -2.06. The number of anilines is 1. The Morgan fingerprint density at radius 2 is 1.78 bits per heavy atom. The highest BCUT2D eigenvalue weighted by Crippen LogP contribution is 2.45. The highest BCUT2D eigenvalue weighted by molar-refractivity contribution is 5.90. The molecule has 3 rings (SSSR count). The molecule has 0 fully saturated rings. The van der Waals surface area contributed by atoms with Crippen LogP contribution in [0, 0.1) is 0 Å². The number of hydrogen-bond acceptors (Lipinski definition) is 1. The second-order valence-corrected chi connectivity index (χ2v) is 4.79. The van der Waals surface area contributed by atoms with Crippen LogP contribution in [0.1, 0.15) is 30.9 Å². The van der Waals surface area contributed by atoms with Crippen molar-refractivity contribution in [2.45, 2.75) is 19.8 Å². The molecule has 1 amide bonds. The maximum atomic E-state index is 11.1. The Hall–Kier alpha value is -2.09. The standard InChI is InChI=1S/C16H15NO/c1-10-13-5-3-4-6-14(13)15-8-7-12(9-16(10)15)17-11(2)18/h3-10H,1-2H3,(H,17,18)/t10-/m1/s1. The van der Waals surface area contributed by atoms with Gasteiger partial charge >= 0.3 is 0 Å². The van der Waals surface area contributed by atoms with Gasteiger partial charge in [0, 0.05) is 18.5 Å². The highest BCUT2D eigenvalue weighted by atomic mass is 16.1. The molecule has 1 atom stereocenters. The smallest absolute Gasteiger partial charge is 0.221 e. The van der Waals surface area contributed by atoms with Crippen LogP contribution >= 0.6 is 0 Å². The Balaban J connectivity index is 2.10. The summed E-state index contributed by atoms with van der Waals surface area (Å²) in [4.78, 5) is 11.1. The molecule has 2 heteroatoms. The van der Waals surface area contributed by atoms with E-state index in [-0.39, 0.29) is 5.91 Å². The SMILES string of the molecule is CC(=O)Nc1ccc2c(c1)[C@H](C)c1ccccc1-2. The van der Waals surface area contributed by atoms with Gasteiger partial charge in [0.1, 0.15) is 0 Å². The van der Waals surface area contributed by atoms with E-state index >= 15 is 0 Å². The summed E-state index contributed by atoms with van der Waals surface area (Å²) >= 11 is 0. The first kappa shape index (κ1) is 11.0. The van der Waals surface area contributed by atoms with Crippen molar-refractivity contribution < 1.29 is 4.79 Å². The van der Waals surface area contributed by atoms with Crippen LogP contribution in [-0.4, -0.2) is 5.91 Å². The Morgan fingerprint density at radius 1 is 1.06 bits per heavy atom. The zero-order chi connectivity index (χ0) is 12.7. The van der Waals surface area contributed by atoms with Crippen molar-refractivity contribution in [3.8, 4) is 11.1 Å². The molecule has 0 saturated heterocycles. The molecule has 1 aliphatic rings. The summed E-state index contributed by atoms with van der Waals surface area (Å²) in [5.74, 6) is 0.364. The van der Waals surface area contributed by atoms with Gasteiger partial charge in [-0.3, -0.25) is 4.79 Å². The van der Waals surface area contributed by atoms with Crippen LogP contribution in [0.2, 0.25) is 0 Å². The predicted octanol–water partition coefficient (Wildman–Crippen LogP) is 3.78. The maximum absolute atomic E-state index is 11.1. The lowest BCUT2D eigenvalue weighted by Gasteiger charge is -2.08. The molecule has 1 N–H and O–H groups in total. The number of amides is 1. The maximum Gasteiger partial charge on any atom is 0.221 e. The van der Waals surface area contributed by atoms with E-state index < -0.39 is 0 Å². The molecule has 0 spiro atoms. The number of hydrogen-bond donors (Lipinski definition) is 1. The fourth-order valence-electron chi connectivity index (χ4n) is 2.73. The number of nitrogens with one attached hydrogen (secondary N) is 1. The third-order valence-electron chi connectivity index (χ3n) is 3.56. The van der Waals surface area contributed by atoms with Gasteiger partial charge in [-0.25, -0.2) is 0 Å². The second-order valence-electron chi connectivity index (χ2n) is 4.79. The third-order valence-corrected chi connectivity index (χ3v) is 3.56. The van der Waals surface area contributed by atoms with E-state index in [9.17, 15) is 4.79 Å². The molecule has 90 valence electrons. The fraction of sp³-hybridized carbons (Fsp3) is 0.188. The summed E-state index contributed by atoms with van der Waals surface area (Å²) in [6.45, 7) is 3.74. The molecule has 0 heterocycles. The summed E-state index contributed by atoms with van der Waals surface area (Å²) < 4.78 is 0. The van der Waals surface area contributed by atoms with E-state index in [2.05, 4.69) is 48.6 Å². The van der Waals surface area contributed by atoms with Crippen LogP contribution in [0.5, 0.6) is 0 Å². The zero-order valence-corrected chi connectivity index (χ0v) is 10.5. The first-order chi connectivity index (χ1) is 8.66. The molecule has 0 aromatic heterocycles. The number of carbonyl (C=O) groups excluding carboxylic acids is 1. The number of benzene rings is 2. The monoisotopic (exact) mass is 237 g/mol. The van der Waals surface area contributed by atoms with Gasteiger partial charge in [-0.1, -0.05) is 37.3 Å². The van der Waals surface area contributed by atoms with E-state index in [1.54, 1.807) is 0 Å². The van der Waals surface area contributed by atoms with Gasteiger partial charge in [0.25, 0.3) is 0 Å². The molecule has 0 unspecified atom stereocenters. The van der Waals surface area contributed by atoms with Crippen molar-refractivity contribution in [3.63, 3.8) is 0 Å². The Morgan fingerprint density at radius 3 is 2.56 bits per heavy atom. The van der Waals surface area contributed by atoms with Crippen LogP contribution < -0.4 is 5.32 Å². The van der Waals surface area contributed by atoms with Gasteiger partial charge in [0.15, 0.2) is 0 Å². The normalized spacial score (nSPS) is 16.0. The lowest BCUT2D eigenvalue weighted by molar-refractivity contribution is -0.114. The van der Waals surface area contributed by atoms with E-state index in [0.717, 1.165) is 5.69 Å². The molecule has 2 nitrogen and oxygen atoms in total. The first-order valence-electron chi connectivity index (χ1n) is 6.17. The molecule has 18 heavy (non-hydrogen) atoms. The quantitative estimate of drug-likeness (QED) is 0.803. The van der Waals surface area contributed by atoms with Crippen molar-refractivity contribution in [3.05, 3.63) is 53.6 Å². The molecule has 1 aliphatic carbocycles. The third kappa shape index (κ3) is 1.61. The molecule has 0 saturated carbocycles. The molecule has 0 bridgehead atoms. The minimum atomic E-state index is -0.0295. The number of fused-ring (bicyclic) bond motifs is 3. The van der Waals surface area contributed by atoms with Crippen LogP contribution in [0.3, 0.4) is 0 Å². The Bertz CT molecular complexity index is 631. The van der Waals surface area contributed by atoms with Crippen LogP contribution in [-0.2, 0) is 4.79 Å². The van der Waals surface area contributed by atoms with Crippen LogP contribution in [0.15, 0.2) is 42.5 Å². The molecular formula is C16H15NO. The topological polar surface area (TPSA) is 29.1 Å². The van der Waals surface area contributed by atoms with Crippen molar-refractivity contribution in [1.82, 2.24) is 0 Å². The Labute approximate surface area is 107 Å². The van der Waals surface area contributed by atoms with Crippen molar-refractivity contribution >= 4 is 11.6 Å². The second kappa shape index (κ2) is 3.98.